The third kappa shape index (κ3) is 1.84. The van der Waals surface area contributed by atoms with Crippen molar-refractivity contribution in [3.8, 4) is 6.07 Å². The molecule has 0 bridgehead atoms. The van der Waals surface area contributed by atoms with E-state index in [4.69, 9.17) is 5.26 Å². The van der Waals surface area contributed by atoms with Crippen LogP contribution in [0, 0.1) is 11.3 Å². The highest BCUT2D eigenvalue weighted by atomic mass is 16.2. The van der Waals surface area contributed by atoms with E-state index in [2.05, 4.69) is 4.98 Å². The molecule has 2 heterocycles. The van der Waals surface area contributed by atoms with Crippen molar-refractivity contribution in [2.24, 2.45) is 0 Å². The van der Waals surface area contributed by atoms with Crippen LogP contribution in [0.5, 0.6) is 0 Å². The fraction of sp³-hybridized carbons (Fsp3) is 0.0667. The highest BCUT2D eigenvalue weighted by molar-refractivity contribution is 6.21. The Bertz CT molecular complexity index is 709. The summed E-state index contributed by atoms with van der Waals surface area (Å²) < 4.78 is 0. The van der Waals surface area contributed by atoms with Crippen LogP contribution in [0.1, 0.15) is 32.0 Å². The van der Waals surface area contributed by atoms with Gasteiger partial charge in [-0.15, -0.1) is 0 Å². The second kappa shape index (κ2) is 4.59. The van der Waals surface area contributed by atoms with Crippen LogP contribution in [0.4, 0.5) is 0 Å². The normalized spacial score (nSPS) is 13.2. The first-order valence-corrected chi connectivity index (χ1v) is 6.01. The van der Waals surface area contributed by atoms with Gasteiger partial charge in [-0.2, -0.15) is 5.26 Å². The second-order valence-electron chi connectivity index (χ2n) is 4.39. The van der Waals surface area contributed by atoms with Gasteiger partial charge >= 0.3 is 0 Å². The molecule has 0 atom stereocenters. The summed E-state index contributed by atoms with van der Waals surface area (Å²) in [6, 6.07) is 12.0. The monoisotopic (exact) mass is 263 g/mol. The topological polar surface area (TPSA) is 74.1 Å². The second-order valence-corrected chi connectivity index (χ2v) is 4.39. The minimum atomic E-state index is -0.309. The lowest BCUT2D eigenvalue weighted by molar-refractivity contribution is 0.0640. The summed E-state index contributed by atoms with van der Waals surface area (Å²) in [4.78, 5) is 29.6. The smallest absolute Gasteiger partial charge is 0.261 e. The number of fused-ring (bicyclic) bond motifs is 1. The van der Waals surface area contributed by atoms with Crippen molar-refractivity contribution in [1.29, 1.82) is 5.26 Å². The highest BCUT2D eigenvalue weighted by Gasteiger charge is 2.35. The lowest BCUT2D eigenvalue weighted by Gasteiger charge is -2.12. The predicted octanol–water partition coefficient (Wildman–Crippen LogP) is 1.75. The van der Waals surface area contributed by atoms with Crippen LogP contribution in [0.15, 0.2) is 42.6 Å². The van der Waals surface area contributed by atoms with Gasteiger partial charge in [0.15, 0.2) is 0 Å². The predicted molar refractivity (Wildman–Crippen MR) is 69.6 cm³/mol. The van der Waals surface area contributed by atoms with Gasteiger partial charge in [0.05, 0.1) is 28.9 Å². The van der Waals surface area contributed by atoms with Crippen molar-refractivity contribution in [1.82, 2.24) is 9.88 Å². The summed E-state index contributed by atoms with van der Waals surface area (Å²) >= 11 is 0. The number of imide groups is 1. The summed E-state index contributed by atoms with van der Waals surface area (Å²) in [6.07, 6.45) is 1.42. The molecule has 20 heavy (non-hydrogen) atoms. The zero-order chi connectivity index (χ0) is 14.1. The van der Waals surface area contributed by atoms with Crippen molar-refractivity contribution in [3.05, 3.63) is 65.0 Å². The minimum Gasteiger partial charge on any atom is -0.269 e. The molecule has 1 aromatic carbocycles. The molecule has 0 unspecified atom stereocenters. The molecule has 0 spiro atoms. The molecule has 2 amide bonds. The first kappa shape index (κ1) is 12.1. The molecule has 1 aliphatic rings. The van der Waals surface area contributed by atoms with E-state index in [1.54, 1.807) is 36.4 Å². The fourth-order valence-corrected chi connectivity index (χ4v) is 2.13. The third-order valence-corrected chi connectivity index (χ3v) is 3.15. The quantitative estimate of drug-likeness (QED) is 0.773. The molecule has 2 aromatic rings. The number of amides is 2. The van der Waals surface area contributed by atoms with Crippen molar-refractivity contribution >= 4 is 11.8 Å². The molecule has 0 fully saturated rings. The standard InChI is InChI=1S/C15H9N3O2/c16-7-10-5-6-11(17-8-10)9-18-14(19)12-3-1-2-4-13(12)15(18)20/h1-6,8H,9H2. The van der Waals surface area contributed by atoms with Crippen LogP contribution in [0.2, 0.25) is 0 Å². The first-order valence-electron chi connectivity index (χ1n) is 6.01. The number of aromatic nitrogens is 1. The van der Waals surface area contributed by atoms with Crippen LogP contribution in [0.3, 0.4) is 0 Å². The lowest BCUT2D eigenvalue weighted by Crippen LogP contribution is -2.29. The fourth-order valence-electron chi connectivity index (χ4n) is 2.13. The van der Waals surface area contributed by atoms with E-state index < -0.39 is 0 Å². The number of nitriles is 1. The highest BCUT2D eigenvalue weighted by Crippen LogP contribution is 2.23. The number of pyridine rings is 1. The van der Waals surface area contributed by atoms with E-state index in [-0.39, 0.29) is 18.4 Å². The molecule has 1 aromatic heterocycles. The maximum absolute atomic E-state index is 12.2. The number of nitrogens with zero attached hydrogens (tertiary/aromatic N) is 3. The zero-order valence-corrected chi connectivity index (χ0v) is 10.4. The van der Waals surface area contributed by atoms with Crippen molar-refractivity contribution < 1.29 is 9.59 Å². The number of benzene rings is 1. The SMILES string of the molecule is N#Cc1ccc(CN2C(=O)c3ccccc3C2=O)nc1. The molecule has 1 aliphatic heterocycles. The number of hydrogen-bond acceptors (Lipinski definition) is 4. The Morgan fingerprint density at radius 3 is 2.20 bits per heavy atom. The van der Waals surface area contributed by atoms with E-state index in [0.717, 1.165) is 0 Å². The molecular formula is C15H9N3O2. The van der Waals surface area contributed by atoms with Gasteiger partial charge in [-0.25, -0.2) is 0 Å². The summed E-state index contributed by atoms with van der Waals surface area (Å²) in [5.74, 6) is -0.617. The van der Waals surface area contributed by atoms with Gasteiger partial charge in [0.2, 0.25) is 0 Å². The Labute approximate surface area is 115 Å². The molecule has 96 valence electrons. The van der Waals surface area contributed by atoms with E-state index in [1.807, 2.05) is 6.07 Å². The Hall–Kier alpha value is -3.00. The molecule has 0 aliphatic carbocycles. The van der Waals surface area contributed by atoms with Gasteiger partial charge in [-0.05, 0) is 24.3 Å². The average Bonchev–Trinajstić information content (AvgIpc) is 2.74. The van der Waals surface area contributed by atoms with Crippen LogP contribution in [0.25, 0.3) is 0 Å². The van der Waals surface area contributed by atoms with E-state index >= 15 is 0 Å². The van der Waals surface area contributed by atoms with Crippen molar-refractivity contribution in [3.63, 3.8) is 0 Å². The van der Waals surface area contributed by atoms with Gasteiger partial charge in [-0.3, -0.25) is 19.5 Å². The summed E-state index contributed by atoms with van der Waals surface area (Å²) in [6.45, 7) is 0.109. The van der Waals surface area contributed by atoms with Crippen molar-refractivity contribution in [2.75, 3.05) is 0 Å². The molecule has 0 radical (unpaired) electrons. The third-order valence-electron chi connectivity index (χ3n) is 3.15. The summed E-state index contributed by atoms with van der Waals surface area (Å²) in [7, 11) is 0. The lowest BCUT2D eigenvalue weighted by atomic mass is 10.1. The summed E-state index contributed by atoms with van der Waals surface area (Å²) in [5, 5.41) is 8.71. The zero-order valence-electron chi connectivity index (χ0n) is 10.4. The Kier molecular flexibility index (Phi) is 2.77. The van der Waals surface area contributed by atoms with Crippen LogP contribution in [-0.4, -0.2) is 21.7 Å². The first-order chi connectivity index (χ1) is 9.70. The van der Waals surface area contributed by atoms with E-state index in [0.29, 0.717) is 22.4 Å². The molecular weight excluding hydrogens is 254 g/mol. The van der Waals surface area contributed by atoms with Crippen LogP contribution in [-0.2, 0) is 6.54 Å². The largest absolute Gasteiger partial charge is 0.269 e. The molecule has 0 saturated carbocycles. The van der Waals surface area contributed by atoms with Crippen molar-refractivity contribution in [2.45, 2.75) is 6.54 Å². The molecule has 3 rings (SSSR count). The maximum Gasteiger partial charge on any atom is 0.261 e. The Morgan fingerprint density at radius 2 is 1.70 bits per heavy atom. The number of carbonyl (C=O) groups is 2. The van der Waals surface area contributed by atoms with Gasteiger partial charge in [-0.1, -0.05) is 12.1 Å². The molecule has 5 nitrogen and oxygen atoms in total. The Morgan fingerprint density at radius 1 is 1.05 bits per heavy atom. The molecule has 0 N–H and O–H groups in total. The Balaban J connectivity index is 1.88. The van der Waals surface area contributed by atoms with Crippen LogP contribution < -0.4 is 0 Å². The average molecular weight is 263 g/mol. The maximum atomic E-state index is 12.2. The van der Waals surface area contributed by atoms with E-state index in [9.17, 15) is 9.59 Å². The van der Waals surface area contributed by atoms with Crippen LogP contribution >= 0.6 is 0 Å². The van der Waals surface area contributed by atoms with Gasteiger partial charge in [0, 0.05) is 6.20 Å². The van der Waals surface area contributed by atoms with Gasteiger partial charge in [0.1, 0.15) is 6.07 Å². The summed E-state index contributed by atoms with van der Waals surface area (Å²) in [5.41, 5.74) is 1.85. The van der Waals surface area contributed by atoms with Gasteiger partial charge in [0.25, 0.3) is 11.8 Å². The number of hydrogen-bond donors (Lipinski definition) is 0. The molecule has 5 heteroatoms. The van der Waals surface area contributed by atoms with E-state index in [1.165, 1.54) is 11.1 Å². The number of carbonyl (C=O) groups excluding carboxylic acids is 2. The number of rotatable bonds is 2. The minimum absolute atomic E-state index is 0.109. The molecule has 0 saturated heterocycles. The van der Waals surface area contributed by atoms with Gasteiger partial charge < -0.3 is 0 Å².